The second-order valence-corrected chi connectivity index (χ2v) is 9.32. The van der Waals surface area contributed by atoms with Crippen LogP contribution in [0, 0.1) is 48.5 Å². The molecule has 0 amide bonds. The molecule has 0 spiro atoms. The molecule has 0 saturated carbocycles. The van der Waals surface area contributed by atoms with Gasteiger partial charge in [0.1, 0.15) is 23.8 Å². The zero-order valence-corrected chi connectivity index (χ0v) is 20.9. The molecule has 0 aliphatic carbocycles. The average molecular weight is 437 g/mol. The third kappa shape index (κ3) is 4.68. The van der Waals surface area contributed by atoms with E-state index in [-0.39, 0.29) is 0 Å². The van der Waals surface area contributed by atoms with Gasteiger partial charge in [-0.3, -0.25) is 4.99 Å². The van der Waals surface area contributed by atoms with Crippen molar-refractivity contribution in [1.82, 2.24) is 4.57 Å². The second-order valence-electron chi connectivity index (χ2n) is 9.32. The molecule has 4 rings (SSSR count). The Hall–Kier alpha value is -3.46. The summed E-state index contributed by atoms with van der Waals surface area (Å²) >= 11 is 0. The topological polar surface area (TPSA) is 21.2 Å². The number of aryl methyl sites for hydroxylation is 7. The first kappa shape index (κ1) is 22.7. The highest BCUT2D eigenvalue weighted by Gasteiger charge is 2.18. The quantitative estimate of drug-likeness (QED) is 0.241. The highest BCUT2D eigenvalue weighted by atomic mass is 15.1. The van der Waals surface area contributed by atoms with Crippen molar-refractivity contribution < 1.29 is 4.57 Å². The summed E-state index contributed by atoms with van der Waals surface area (Å²) in [7, 11) is 0. The molecule has 3 aromatic carbocycles. The first-order valence-electron chi connectivity index (χ1n) is 11.6. The first-order chi connectivity index (χ1) is 15.7. The van der Waals surface area contributed by atoms with Gasteiger partial charge in [-0.25, -0.2) is 9.13 Å². The minimum absolute atomic E-state index is 0.784. The number of aliphatic imine (C=N–C) groups is 1. The molecule has 0 aliphatic heterocycles. The van der Waals surface area contributed by atoms with E-state index in [4.69, 9.17) is 4.99 Å². The molecule has 1 heterocycles. The second kappa shape index (κ2) is 9.19. The van der Waals surface area contributed by atoms with Gasteiger partial charge in [0, 0.05) is 18.2 Å². The van der Waals surface area contributed by atoms with E-state index in [0.29, 0.717) is 0 Å². The molecule has 0 saturated heterocycles. The van der Waals surface area contributed by atoms with Crippen molar-refractivity contribution in [2.75, 3.05) is 0 Å². The Labute approximate surface area is 198 Å². The summed E-state index contributed by atoms with van der Waals surface area (Å²) in [5.74, 6) is 0. The van der Waals surface area contributed by atoms with E-state index in [9.17, 15) is 0 Å². The third-order valence-corrected chi connectivity index (χ3v) is 6.28. The van der Waals surface area contributed by atoms with Crippen LogP contribution in [0.25, 0.3) is 11.4 Å². The number of benzene rings is 3. The maximum absolute atomic E-state index is 4.84. The van der Waals surface area contributed by atoms with E-state index in [2.05, 4.69) is 125 Å². The maximum Gasteiger partial charge on any atom is 0.254 e. The SMILES string of the molecule is Cc1cc(C)c(-[n+]2ccn(-c3c(C)cc(C)cc3CC=Nc3c(C)cccc3C)c2)c(C)c1. The van der Waals surface area contributed by atoms with E-state index in [1.165, 1.54) is 55.9 Å². The lowest BCUT2D eigenvalue weighted by molar-refractivity contribution is -0.595. The molecule has 168 valence electrons. The van der Waals surface area contributed by atoms with Gasteiger partial charge in [0.05, 0.1) is 5.69 Å². The minimum Gasteiger partial charge on any atom is -0.260 e. The normalized spacial score (nSPS) is 11.5. The Bertz CT molecular complexity index is 1310. The molecule has 3 heteroatoms. The van der Waals surface area contributed by atoms with Gasteiger partial charge in [0.25, 0.3) is 6.33 Å². The van der Waals surface area contributed by atoms with E-state index in [0.717, 1.165) is 12.1 Å². The van der Waals surface area contributed by atoms with Gasteiger partial charge in [0.2, 0.25) is 0 Å². The van der Waals surface area contributed by atoms with Crippen LogP contribution in [-0.2, 0) is 6.42 Å². The predicted octanol–water partition coefficient (Wildman–Crippen LogP) is 6.86. The van der Waals surface area contributed by atoms with Crippen LogP contribution in [0.4, 0.5) is 5.69 Å². The summed E-state index contributed by atoms with van der Waals surface area (Å²) < 4.78 is 4.48. The van der Waals surface area contributed by atoms with Crippen molar-refractivity contribution in [3.63, 3.8) is 0 Å². The van der Waals surface area contributed by atoms with Crippen molar-refractivity contribution in [1.29, 1.82) is 0 Å². The molecule has 33 heavy (non-hydrogen) atoms. The molecule has 3 nitrogen and oxygen atoms in total. The van der Waals surface area contributed by atoms with E-state index >= 15 is 0 Å². The summed E-state index contributed by atoms with van der Waals surface area (Å²) in [6.45, 7) is 15.1. The lowest BCUT2D eigenvalue weighted by Gasteiger charge is -2.10. The predicted molar refractivity (Wildman–Crippen MR) is 139 cm³/mol. The number of hydrogen-bond acceptors (Lipinski definition) is 1. The fourth-order valence-electron chi connectivity index (χ4n) is 5.02. The smallest absolute Gasteiger partial charge is 0.254 e. The minimum atomic E-state index is 0.784. The van der Waals surface area contributed by atoms with E-state index in [1.54, 1.807) is 0 Å². The number of imidazole rings is 1. The van der Waals surface area contributed by atoms with Crippen molar-refractivity contribution in [2.24, 2.45) is 4.99 Å². The molecule has 0 aliphatic rings. The number of nitrogens with zero attached hydrogens (tertiary/aromatic N) is 3. The molecule has 0 atom stereocenters. The van der Waals surface area contributed by atoms with Crippen LogP contribution < -0.4 is 4.57 Å². The molecule has 0 bridgehead atoms. The Morgan fingerprint density at radius 1 is 0.788 bits per heavy atom. The van der Waals surface area contributed by atoms with Crippen molar-refractivity contribution in [3.05, 3.63) is 106 Å². The van der Waals surface area contributed by atoms with Crippen molar-refractivity contribution in [2.45, 2.75) is 54.9 Å². The summed E-state index contributed by atoms with van der Waals surface area (Å²) in [5.41, 5.74) is 13.7. The van der Waals surface area contributed by atoms with E-state index in [1.807, 2.05) is 0 Å². The highest BCUT2D eigenvalue weighted by Crippen LogP contribution is 2.25. The molecular weight excluding hydrogens is 402 g/mol. The number of hydrogen-bond donors (Lipinski definition) is 0. The number of para-hydroxylation sites is 1. The van der Waals surface area contributed by atoms with Crippen LogP contribution in [0.5, 0.6) is 0 Å². The molecule has 0 fully saturated rings. The van der Waals surface area contributed by atoms with Gasteiger partial charge < -0.3 is 0 Å². The van der Waals surface area contributed by atoms with Gasteiger partial charge in [-0.1, -0.05) is 53.6 Å². The number of rotatable bonds is 5. The lowest BCUT2D eigenvalue weighted by atomic mass is 10.0. The molecule has 0 unspecified atom stereocenters. The third-order valence-electron chi connectivity index (χ3n) is 6.28. The summed E-state index contributed by atoms with van der Waals surface area (Å²) in [6, 6.07) is 15.4. The maximum atomic E-state index is 4.84. The summed E-state index contributed by atoms with van der Waals surface area (Å²) in [6.07, 6.45) is 9.33. The largest absolute Gasteiger partial charge is 0.260 e. The molecular formula is C30H34N3+. The molecule has 1 aromatic heterocycles. The zero-order valence-electron chi connectivity index (χ0n) is 20.9. The fourth-order valence-corrected chi connectivity index (χ4v) is 5.02. The van der Waals surface area contributed by atoms with Gasteiger partial charge in [-0.2, -0.15) is 0 Å². The highest BCUT2D eigenvalue weighted by molar-refractivity contribution is 5.71. The standard InChI is InChI=1S/C30H34N3/c1-20-15-24(5)29(25(6)16-20)32-13-14-33(19-32)30-26(7)17-21(2)18-27(30)11-12-31-28-22(3)9-8-10-23(28)4/h8-10,12-19H,11H2,1-7H3/q+1. The van der Waals surface area contributed by atoms with Crippen LogP contribution in [-0.4, -0.2) is 10.8 Å². The average Bonchev–Trinajstić information content (AvgIpc) is 3.18. The van der Waals surface area contributed by atoms with Crippen molar-refractivity contribution in [3.8, 4) is 11.4 Å². The van der Waals surface area contributed by atoms with Crippen LogP contribution in [0.15, 0.2) is 66.2 Å². The van der Waals surface area contributed by atoms with Crippen LogP contribution in [0.1, 0.15) is 44.5 Å². The zero-order chi connectivity index (χ0) is 23.7. The fraction of sp³-hybridized carbons (Fsp3) is 0.267. The van der Waals surface area contributed by atoms with Gasteiger partial charge >= 0.3 is 0 Å². The van der Waals surface area contributed by atoms with Crippen molar-refractivity contribution >= 4 is 11.9 Å². The lowest BCUT2D eigenvalue weighted by Crippen LogP contribution is -2.30. The Morgan fingerprint density at radius 3 is 2.06 bits per heavy atom. The molecule has 4 aromatic rings. The van der Waals surface area contributed by atoms with E-state index < -0.39 is 0 Å². The van der Waals surface area contributed by atoms with Crippen LogP contribution in [0.2, 0.25) is 0 Å². The van der Waals surface area contributed by atoms with Gasteiger partial charge in [-0.15, -0.1) is 0 Å². The Balaban J connectivity index is 1.72. The van der Waals surface area contributed by atoms with Gasteiger partial charge in [0.15, 0.2) is 0 Å². The number of aromatic nitrogens is 2. The van der Waals surface area contributed by atoms with Gasteiger partial charge in [-0.05, 0) is 76.3 Å². The Kier molecular flexibility index (Phi) is 6.33. The van der Waals surface area contributed by atoms with Crippen LogP contribution >= 0.6 is 0 Å². The first-order valence-corrected chi connectivity index (χ1v) is 11.6. The molecule has 0 N–H and O–H groups in total. The summed E-state index contributed by atoms with van der Waals surface area (Å²) in [4.78, 5) is 4.84. The molecule has 0 radical (unpaired) electrons. The van der Waals surface area contributed by atoms with Crippen LogP contribution in [0.3, 0.4) is 0 Å². The monoisotopic (exact) mass is 436 g/mol. The Morgan fingerprint density at radius 2 is 1.39 bits per heavy atom. The summed E-state index contributed by atoms with van der Waals surface area (Å²) in [5, 5.41) is 0.